The molecule has 2 saturated heterocycles. The fourth-order valence-corrected chi connectivity index (χ4v) is 8.01. The number of carbonyl (C=O) groups excluding carboxylic acids is 4. The highest BCUT2D eigenvalue weighted by molar-refractivity contribution is 5.99. The number of aromatic nitrogens is 1. The third-order valence-corrected chi connectivity index (χ3v) is 10.8. The average Bonchev–Trinajstić information content (AvgIpc) is 3.90. The zero-order valence-corrected chi connectivity index (χ0v) is 35.1. The zero-order chi connectivity index (χ0) is 37.9. The molecule has 0 radical (unpaired) electrons. The lowest BCUT2D eigenvalue weighted by atomic mass is 9.98. The van der Waals surface area contributed by atoms with Gasteiger partial charge >= 0.3 is 5.91 Å². The predicted molar refractivity (Wildman–Crippen MR) is 208 cm³/mol. The molecule has 2 aliphatic heterocycles. The molecule has 2 atom stereocenters. The topological polar surface area (TPSA) is 85.1 Å². The largest absolute Gasteiger partial charge is 1.00 e. The molecule has 4 amide bonds. The molecule has 2 unspecified atom stereocenters. The Bertz CT molecular complexity index is 1670. The van der Waals surface area contributed by atoms with Crippen LogP contribution in [-0.4, -0.2) is 94.6 Å². The number of likely N-dealkylation sites (tertiary alicyclic amines) is 2. The number of benzene rings is 2. The first-order valence-electron chi connectivity index (χ1n) is 19.8. The number of aryl methyl sites for hydroxylation is 3. The van der Waals surface area contributed by atoms with Crippen molar-refractivity contribution in [2.24, 2.45) is 18.9 Å². The Balaban J connectivity index is 0.00000650. The lowest BCUT2D eigenvalue weighted by Crippen LogP contribution is -3.00. The molecule has 2 aliphatic rings. The van der Waals surface area contributed by atoms with Gasteiger partial charge in [0.15, 0.2) is 6.20 Å². The quantitative estimate of drug-likeness (QED) is 0.164. The molecular formula is C44H60IN5O4. The number of pyridine rings is 1. The van der Waals surface area contributed by atoms with Crippen molar-refractivity contribution in [2.75, 3.05) is 39.3 Å². The van der Waals surface area contributed by atoms with Crippen molar-refractivity contribution >= 4 is 23.6 Å². The summed E-state index contributed by atoms with van der Waals surface area (Å²) in [6, 6.07) is 22.7. The monoisotopic (exact) mass is 849 g/mol. The van der Waals surface area contributed by atoms with E-state index in [4.69, 9.17) is 0 Å². The van der Waals surface area contributed by atoms with E-state index in [0.29, 0.717) is 37.2 Å². The van der Waals surface area contributed by atoms with E-state index in [1.54, 1.807) is 39.7 Å². The maximum atomic E-state index is 14.6. The molecule has 0 N–H and O–H groups in total. The second kappa shape index (κ2) is 20.8. The van der Waals surface area contributed by atoms with Crippen molar-refractivity contribution in [3.05, 3.63) is 101 Å². The molecule has 3 aromatic rings. The van der Waals surface area contributed by atoms with Crippen molar-refractivity contribution in [3.63, 3.8) is 0 Å². The summed E-state index contributed by atoms with van der Waals surface area (Å²) in [4.78, 5) is 64.4. The second-order valence-corrected chi connectivity index (χ2v) is 15.5. The molecule has 0 saturated carbocycles. The lowest BCUT2D eigenvalue weighted by Gasteiger charge is -2.36. The summed E-state index contributed by atoms with van der Waals surface area (Å²) >= 11 is 0. The highest BCUT2D eigenvalue weighted by Crippen LogP contribution is 2.23. The van der Waals surface area contributed by atoms with Gasteiger partial charge in [0.1, 0.15) is 24.7 Å². The first-order chi connectivity index (χ1) is 25.6. The molecular weight excluding hydrogens is 789 g/mol. The SMILES string of the molecule is CC(C)C(C(=O)N1CCCC1)N(CCCc1ccccc1)C(=O)c1ccc(C(=O)N(CCCc2ccccc2)C(C(=O)N2CCCC2)C(C)C)[n+](C)c1.[I-]. The Hall–Kier alpha value is -3.80. The van der Waals surface area contributed by atoms with E-state index in [1.807, 2.05) is 73.9 Å². The van der Waals surface area contributed by atoms with Gasteiger partial charge in [0, 0.05) is 45.3 Å². The molecule has 9 nitrogen and oxygen atoms in total. The highest BCUT2D eigenvalue weighted by atomic mass is 127. The molecule has 3 heterocycles. The summed E-state index contributed by atoms with van der Waals surface area (Å²) in [5.74, 6) is -0.592. The second-order valence-electron chi connectivity index (χ2n) is 15.5. The van der Waals surface area contributed by atoms with Gasteiger partial charge in [-0.3, -0.25) is 19.2 Å². The molecule has 2 aromatic carbocycles. The summed E-state index contributed by atoms with van der Waals surface area (Å²) in [7, 11) is 1.79. The molecule has 1 aromatic heterocycles. The Morgan fingerprint density at radius 3 is 1.41 bits per heavy atom. The van der Waals surface area contributed by atoms with Gasteiger partial charge in [-0.25, -0.2) is 0 Å². The van der Waals surface area contributed by atoms with Gasteiger partial charge in [-0.1, -0.05) is 88.4 Å². The standard InChI is InChI=1S/C44H60N5O4.HI/c1-33(2)39(43(52)46-26-12-13-27-46)48(30-16-22-35-18-8-6-9-19-35)41(50)37-24-25-38(45(5)32-37)42(51)49(31-17-23-36-20-10-7-11-21-36)40(34(3)4)44(53)47-28-14-15-29-47;/h6-11,18-21,24-25,32-34,39-40H,12-17,22-23,26-31H2,1-5H3;1H/q+1;/p-1. The first kappa shape index (κ1) is 42.9. The van der Waals surface area contributed by atoms with Crippen LogP contribution in [0.2, 0.25) is 0 Å². The zero-order valence-electron chi connectivity index (χ0n) is 33.0. The summed E-state index contributed by atoms with van der Waals surface area (Å²) in [6.45, 7) is 11.8. The van der Waals surface area contributed by atoms with E-state index in [9.17, 15) is 19.2 Å². The van der Waals surface area contributed by atoms with Crippen LogP contribution in [0.5, 0.6) is 0 Å². The minimum absolute atomic E-state index is 0. The van der Waals surface area contributed by atoms with Crippen LogP contribution in [0.1, 0.15) is 98.2 Å². The third kappa shape index (κ3) is 10.9. The minimum Gasteiger partial charge on any atom is -1.00 e. The van der Waals surface area contributed by atoms with Gasteiger partial charge < -0.3 is 43.6 Å². The van der Waals surface area contributed by atoms with Crippen molar-refractivity contribution in [1.82, 2.24) is 19.6 Å². The maximum Gasteiger partial charge on any atom is 0.319 e. The van der Waals surface area contributed by atoms with Crippen molar-refractivity contribution in [2.45, 2.75) is 91.1 Å². The van der Waals surface area contributed by atoms with Gasteiger partial charge in [0.05, 0.1) is 0 Å². The van der Waals surface area contributed by atoms with Crippen molar-refractivity contribution < 1.29 is 47.7 Å². The number of nitrogens with zero attached hydrogens (tertiary/aromatic N) is 5. The molecule has 0 spiro atoms. The molecule has 2 fully saturated rings. The third-order valence-electron chi connectivity index (χ3n) is 10.8. The fourth-order valence-electron chi connectivity index (χ4n) is 8.01. The van der Waals surface area contributed by atoms with Crippen LogP contribution < -0.4 is 28.5 Å². The van der Waals surface area contributed by atoms with Crippen molar-refractivity contribution in [3.8, 4) is 0 Å². The number of hydrogen-bond acceptors (Lipinski definition) is 4. The predicted octanol–water partition coefficient (Wildman–Crippen LogP) is 2.96. The van der Waals surface area contributed by atoms with E-state index in [1.165, 1.54) is 11.1 Å². The average molecular weight is 850 g/mol. The van der Waals surface area contributed by atoms with Crippen LogP contribution >= 0.6 is 0 Å². The number of carbonyl (C=O) groups is 4. The fraction of sp³-hybridized carbons (Fsp3) is 0.523. The summed E-state index contributed by atoms with van der Waals surface area (Å²) in [5, 5.41) is 0. The van der Waals surface area contributed by atoms with E-state index in [0.717, 1.165) is 64.7 Å². The van der Waals surface area contributed by atoms with Crippen LogP contribution in [0.25, 0.3) is 0 Å². The number of halogens is 1. The molecule has 5 rings (SSSR count). The van der Waals surface area contributed by atoms with Gasteiger partial charge in [0.2, 0.25) is 11.8 Å². The Kier molecular flexibility index (Phi) is 16.5. The molecule has 292 valence electrons. The van der Waals surface area contributed by atoms with E-state index >= 15 is 0 Å². The van der Waals surface area contributed by atoms with Crippen molar-refractivity contribution in [1.29, 1.82) is 0 Å². The summed E-state index contributed by atoms with van der Waals surface area (Å²) < 4.78 is 1.71. The van der Waals surface area contributed by atoms with Crippen LogP contribution in [0.4, 0.5) is 0 Å². The molecule has 0 bridgehead atoms. The van der Waals surface area contributed by atoms with Gasteiger partial charge in [-0.15, -0.1) is 0 Å². The van der Waals surface area contributed by atoms with Crippen LogP contribution in [0, 0.1) is 11.8 Å². The van der Waals surface area contributed by atoms with Crippen LogP contribution in [0.3, 0.4) is 0 Å². The molecule has 10 heteroatoms. The molecule has 54 heavy (non-hydrogen) atoms. The number of rotatable bonds is 16. The van der Waals surface area contributed by atoms with E-state index in [2.05, 4.69) is 24.3 Å². The van der Waals surface area contributed by atoms with Crippen LogP contribution in [0.15, 0.2) is 79.0 Å². The Labute approximate surface area is 340 Å². The van der Waals surface area contributed by atoms with E-state index < -0.39 is 12.1 Å². The summed E-state index contributed by atoms with van der Waals surface area (Å²) in [5.41, 5.74) is 3.21. The van der Waals surface area contributed by atoms with E-state index in [-0.39, 0.29) is 59.4 Å². The minimum atomic E-state index is -0.596. The smallest absolute Gasteiger partial charge is 0.319 e. The van der Waals surface area contributed by atoms with Gasteiger partial charge in [0.25, 0.3) is 11.6 Å². The number of hydrogen-bond donors (Lipinski definition) is 0. The normalized spacial score (nSPS) is 15.2. The van der Waals surface area contributed by atoms with Crippen LogP contribution in [-0.2, 0) is 29.5 Å². The van der Waals surface area contributed by atoms with Gasteiger partial charge in [-0.05, 0) is 80.4 Å². The first-order valence-corrected chi connectivity index (χ1v) is 19.8. The Morgan fingerprint density at radius 2 is 1.02 bits per heavy atom. The summed E-state index contributed by atoms with van der Waals surface area (Å²) in [6.07, 6.45) is 8.65. The number of amides is 4. The Morgan fingerprint density at radius 1 is 0.611 bits per heavy atom. The van der Waals surface area contributed by atoms with Gasteiger partial charge in [-0.2, -0.15) is 4.57 Å². The lowest BCUT2D eigenvalue weighted by molar-refractivity contribution is -0.673. The molecule has 0 aliphatic carbocycles. The highest BCUT2D eigenvalue weighted by Gasteiger charge is 2.40. The maximum absolute atomic E-state index is 14.6.